The van der Waals surface area contributed by atoms with Gasteiger partial charge in [-0.05, 0) is 6.92 Å². The molecule has 74 valence electrons. The zero-order valence-corrected chi connectivity index (χ0v) is 8.74. The smallest absolute Gasteiger partial charge is 0.105 e. The first-order valence-electron chi connectivity index (χ1n) is 4.39. The van der Waals surface area contributed by atoms with Gasteiger partial charge in [-0.25, -0.2) is 9.97 Å². The molecular formula is C9H12N4S. The highest BCUT2D eigenvalue weighted by Gasteiger charge is 2.09. The van der Waals surface area contributed by atoms with Crippen LogP contribution in [-0.4, -0.2) is 14.5 Å². The highest BCUT2D eigenvalue weighted by atomic mass is 32.1. The van der Waals surface area contributed by atoms with Crippen LogP contribution in [0.2, 0.25) is 0 Å². The first-order chi connectivity index (χ1) is 6.77. The number of aromatic nitrogens is 3. The van der Waals surface area contributed by atoms with E-state index in [9.17, 15) is 0 Å². The van der Waals surface area contributed by atoms with Crippen molar-refractivity contribution in [3.8, 4) is 0 Å². The minimum atomic E-state index is -0.0471. The molecule has 4 nitrogen and oxygen atoms in total. The number of imidazole rings is 1. The van der Waals surface area contributed by atoms with Gasteiger partial charge >= 0.3 is 0 Å². The van der Waals surface area contributed by atoms with Crippen LogP contribution >= 0.6 is 11.3 Å². The maximum atomic E-state index is 6.00. The molecule has 0 aliphatic rings. The van der Waals surface area contributed by atoms with E-state index in [0.717, 1.165) is 18.1 Å². The average molecular weight is 208 g/mol. The lowest BCUT2D eigenvalue weighted by Crippen LogP contribution is -2.18. The molecule has 14 heavy (non-hydrogen) atoms. The van der Waals surface area contributed by atoms with Gasteiger partial charge in [-0.2, -0.15) is 0 Å². The Bertz CT molecular complexity index is 393. The van der Waals surface area contributed by atoms with Crippen LogP contribution in [0.5, 0.6) is 0 Å². The molecule has 2 heterocycles. The highest BCUT2D eigenvalue weighted by Crippen LogP contribution is 2.12. The molecule has 5 heteroatoms. The summed E-state index contributed by atoms with van der Waals surface area (Å²) in [5, 5.41) is 1.98. The number of hydrogen-bond acceptors (Lipinski definition) is 4. The summed E-state index contributed by atoms with van der Waals surface area (Å²) in [6, 6.07) is -0.0471. The van der Waals surface area contributed by atoms with Crippen molar-refractivity contribution in [2.75, 3.05) is 0 Å². The van der Waals surface area contributed by atoms with Gasteiger partial charge < -0.3 is 10.3 Å². The van der Waals surface area contributed by atoms with Crippen LogP contribution in [0.15, 0.2) is 23.3 Å². The number of thiazole rings is 1. The van der Waals surface area contributed by atoms with Crippen molar-refractivity contribution >= 4 is 11.3 Å². The quantitative estimate of drug-likeness (QED) is 0.828. The second-order valence-corrected chi connectivity index (χ2v) is 3.87. The van der Waals surface area contributed by atoms with Gasteiger partial charge in [-0.15, -0.1) is 11.3 Å². The van der Waals surface area contributed by atoms with Crippen molar-refractivity contribution in [2.45, 2.75) is 19.5 Å². The minimum Gasteiger partial charge on any atom is -0.333 e. The van der Waals surface area contributed by atoms with Crippen molar-refractivity contribution < 1.29 is 0 Å². The molecule has 0 amide bonds. The van der Waals surface area contributed by atoms with E-state index in [4.69, 9.17) is 5.73 Å². The summed E-state index contributed by atoms with van der Waals surface area (Å²) in [6.45, 7) is 2.70. The van der Waals surface area contributed by atoms with Crippen LogP contribution < -0.4 is 5.73 Å². The molecule has 0 saturated heterocycles. The molecule has 0 aliphatic carbocycles. The fourth-order valence-electron chi connectivity index (χ4n) is 1.31. The Labute approximate surface area is 86.4 Å². The summed E-state index contributed by atoms with van der Waals surface area (Å²) in [5.74, 6) is 0.982. The molecule has 1 atom stereocenters. The molecule has 2 aromatic rings. The largest absolute Gasteiger partial charge is 0.333 e. The van der Waals surface area contributed by atoms with Crippen LogP contribution in [0.25, 0.3) is 0 Å². The van der Waals surface area contributed by atoms with Gasteiger partial charge in [0.1, 0.15) is 5.82 Å². The molecule has 2 rings (SSSR count). The Morgan fingerprint density at radius 1 is 1.57 bits per heavy atom. The number of nitrogens with zero attached hydrogens (tertiary/aromatic N) is 3. The lowest BCUT2D eigenvalue weighted by Gasteiger charge is -2.10. The van der Waals surface area contributed by atoms with Crippen LogP contribution in [-0.2, 0) is 6.54 Å². The van der Waals surface area contributed by atoms with Gasteiger partial charge in [0.2, 0.25) is 0 Å². The summed E-state index contributed by atoms with van der Waals surface area (Å²) in [6.07, 6.45) is 3.71. The van der Waals surface area contributed by atoms with Crippen LogP contribution in [0.1, 0.15) is 17.6 Å². The Kier molecular flexibility index (Phi) is 2.60. The van der Waals surface area contributed by atoms with Crippen LogP contribution in [0.4, 0.5) is 0 Å². The van der Waals surface area contributed by atoms with Gasteiger partial charge in [-0.3, -0.25) is 0 Å². The monoisotopic (exact) mass is 208 g/mol. The van der Waals surface area contributed by atoms with Gasteiger partial charge in [-0.1, -0.05) is 0 Å². The van der Waals surface area contributed by atoms with Crippen molar-refractivity contribution in [1.82, 2.24) is 14.5 Å². The number of aryl methyl sites for hydroxylation is 1. The van der Waals surface area contributed by atoms with Gasteiger partial charge in [0, 0.05) is 24.3 Å². The van der Waals surface area contributed by atoms with E-state index in [-0.39, 0.29) is 6.04 Å². The fraction of sp³-hybridized carbons (Fsp3) is 0.333. The predicted molar refractivity (Wildman–Crippen MR) is 56.0 cm³/mol. The molecule has 2 aromatic heterocycles. The Morgan fingerprint density at radius 3 is 3.00 bits per heavy atom. The van der Waals surface area contributed by atoms with Gasteiger partial charge in [0.15, 0.2) is 0 Å². The summed E-state index contributed by atoms with van der Waals surface area (Å²) in [5.41, 5.74) is 8.74. The average Bonchev–Trinajstić information content (AvgIpc) is 2.77. The van der Waals surface area contributed by atoms with E-state index in [1.165, 1.54) is 0 Å². The molecule has 0 bridgehead atoms. The Morgan fingerprint density at radius 2 is 2.43 bits per heavy atom. The van der Waals surface area contributed by atoms with E-state index in [1.807, 2.05) is 23.1 Å². The number of hydrogen-bond donors (Lipinski definition) is 1. The molecular weight excluding hydrogens is 196 g/mol. The number of rotatable bonds is 3. The first kappa shape index (κ1) is 9.36. The molecule has 0 aliphatic heterocycles. The normalized spacial score (nSPS) is 13.0. The minimum absolute atomic E-state index is 0.0471. The maximum absolute atomic E-state index is 6.00. The van der Waals surface area contributed by atoms with Gasteiger partial charge in [0.05, 0.1) is 17.2 Å². The Hall–Kier alpha value is -1.20. The highest BCUT2D eigenvalue weighted by molar-refractivity contribution is 7.07. The zero-order chi connectivity index (χ0) is 9.97. The third kappa shape index (κ3) is 1.83. The zero-order valence-electron chi connectivity index (χ0n) is 7.92. The lowest BCUT2D eigenvalue weighted by molar-refractivity contribution is 0.556. The SMILES string of the molecule is Cc1nccn1CC(N)c1cscn1. The molecule has 1 unspecified atom stereocenters. The van der Waals surface area contributed by atoms with Gasteiger partial charge in [0.25, 0.3) is 0 Å². The molecule has 0 radical (unpaired) electrons. The molecule has 0 fully saturated rings. The summed E-state index contributed by atoms with van der Waals surface area (Å²) in [7, 11) is 0. The van der Waals surface area contributed by atoms with Crippen LogP contribution in [0, 0.1) is 6.92 Å². The van der Waals surface area contributed by atoms with Crippen molar-refractivity contribution in [1.29, 1.82) is 0 Å². The standard InChI is InChI=1S/C9H12N4S/c1-7-11-2-3-13(7)4-8(10)9-5-14-6-12-9/h2-3,5-6,8H,4,10H2,1H3. The third-order valence-corrected chi connectivity index (χ3v) is 2.75. The maximum Gasteiger partial charge on any atom is 0.105 e. The van der Waals surface area contributed by atoms with Crippen LogP contribution in [0.3, 0.4) is 0 Å². The molecule has 0 saturated carbocycles. The van der Waals surface area contributed by atoms with Crippen molar-refractivity contribution in [3.05, 3.63) is 34.8 Å². The summed E-state index contributed by atoms with van der Waals surface area (Å²) in [4.78, 5) is 8.33. The summed E-state index contributed by atoms with van der Waals surface area (Å²) < 4.78 is 2.03. The molecule has 0 spiro atoms. The van der Waals surface area contributed by atoms with E-state index in [2.05, 4.69) is 9.97 Å². The lowest BCUT2D eigenvalue weighted by atomic mass is 10.2. The second-order valence-electron chi connectivity index (χ2n) is 3.15. The predicted octanol–water partition coefficient (Wildman–Crippen LogP) is 1.35. The molecule has 2 N–H and O–H groups in total. The topological polar surface area (TPSA) is 56.7 Å². The van der Waals surface area contributed by atoms with E-state index >= 15 is 0 Å². The summed E-state index contributed by atoms with van der Waals surface area (Å²) >= 11 is 1.57. The second kappa shape index (κ2) is 3.89. The first-order valence-corrected chi connectivity index (χ1v) is 5.33. The van der Waals surface area contributed by atoms with Crippen molar-refractivity contribution in [3.63, 3.8) is 0 Å². The Balaban J connectivity index is 2.09. The van der Waals surface area contributed by atoms with E-state index < -0.39 is 0 Å². The fourth-order valence-corrected chi connectivity index (χ4v) is 1.93. The third-order valence-electron chi connectivity index (χ3n) is 2.15. The number of nitrogens with two attached hydrogens (primary N) is 1. The molecule has 0 aromatic carbocycles. The van der Waals surface area contributed by atoms with E-state index in [0.29, 0.717) is 0 Å². The van der Waals surface area contributed by atoms with E-state index in [1.54, 1.807) is 23.0 Å². The van der Waals surface area contributed by atoms with Crippen molar-refractivity contribution in [2.24, 2.45) is 5.73 Å².